The van der Waals surface area contributed by atoms with E-state index in [0.717, 1.165) is 103 Å². The van der Waals surface area contributed by atoms with Crippen LogP contribution in [0.5, 0.6) is 0 Å². The van der Waals surface area contributed by atoms with E-state index in [1.807, 2.05) is 0 Å². The van der Waals surface area contributed by atoms with Gasteiger partial charge in [-0.05, 0) is 89.9 Å². The molecule has 0 aromatic carbocycles. The predicted octanol–water partition coefficient (Wildman–Crippen LogP) is 15.8. The molecule has 0 bridgehead atoms. The number of allylic oxidation sites excluding steroid dienone is 16. The van der Waals surface area contributed by atoms with Gasteiger partial charge in [0.1, 0.15) is 13.2 Å². The lowest BCUT2D eigenvalue weighted by atomic mass is 10.0. The van der Waals surface area contributed by atoms with Crippen LogP contribution >= 0.6 is 0 Å². The monoisotopic (exact) mass is 833 g/mol. The zero-order valence-corrected chi connectivity index (χ0v) is 38.7. The minimum atomic E-state index is -0.808. The molecule has 1 unspecified atom stereocenters. The first-order valence-electron chi connectivity index (χ1n) is 24.2. The van der Waals surface area contributed by atoms with E-state index < -0.39 is 6.10 Å². The number of esters is 3. The number of hydrogen-bond donors (Lipinski definition) is 0. The van der Waals surface area contributed by atoms with E-state index in [1.165, 1.54) is 57.8 Å². The average molecular weight is 833 g/mol. The Morgan fingerprint density at radius 2 is 0.667 bits per heavy atom. The van der Waals surface area contributed by atoms with Crippen LogP contribution in [0, 0.1) is 0 Å². The van der Waals surface area contributed by atoms with Crippen LogP contribution in [0.4, 0.5) is 0 Å². The van der Waals surface area contributed by atoms with Gasteiger partial charge in [0.05, 0.1) is 0 Å². The zero-order chi connectivity index (χ0) is 43.7. The molecule has 6 nitrogen and oxygen atoms in total. The molecule has 0 amide bonds. The van der Waals surface area contributed by atoms with E-state index in [4.69, 9.17) is 14.2 Å². The van der Waals surface area contributed by atoms with E-state index in [1.54, 1.807) is 0 Å². The molecule has 0 aliphatic heterocycles. The van der Waals surface area contributed by atoms with Crippen molar-refractivity contribution < 1.29 is 28.6 Å². The summed E-state index contributed by atoms with van der Waals surface area (Å²) in [5, 5.41) is 0. The van der Waals surface area contributed by atoms with Gasteiger partial charge >= 0.3 is 17.9 Å². The fourth-order valence-electron chi connectivity index (χ4n) is 6.26. The number of hydrogen-bond acceptors (Lipinski definition) is 6. The van der Waals surface area contributed by atoms with Gasteiger partial charge in [-0.1, -0.05) is 195 Å². The van der Waals surface area contributed by atoms with Crippen LogP contribution in [0.25, 0.3) is 0 Å². The fraction of sp³-hybridized carbons (Fsp3) is 0.648. The molecule has 1 atom stereocenters. The lowest BCUT2D eigenvalue weighted by molar-refractivity contribution is -0.167. The van der Waals surface area contributed by atoms with Crippen molar-refractivity contribution in [1.29, 1.82) is 0 Å². The highest BCUT2D eigenvalue weighted by Crippen LogP contribution is 2.14. The maximum absolute atomic E-state index is 12.7. The molecule has 0 spiro atoms. The lowest BCUT2D eigenvalue weighted by Crippen LogP contribution is -2.30. The quantitative estimate of drug-likeness (QED) is 0.0264. The van der Waals surface area contributed by atoms with Gasteiger partial charge in [0, 0.05) is 19.3 Å². The van der Waals surface area contributed by atoms with Gasteiger partial charge in [-0.3, -0.25) is 14.4 Å². The van der Waals surface area contributed by atoms with E-state index in [2.05, 4.69) is 118 Å². The van der Waals surface area contributed by atoms with Crippen molar-refractivity contribution in [1.82, 2.24) is 0 Å². The smallest absolute Gasteiger partial charge is 0.306 e. The second kappa shape index (κ2) is 48.0. The fourth-order valence-corrected chi connectivity index (χ4v) is 6.26. The second-order valence-corrected chi connectivity index (χ2v) is 15.6. The maximum Gasteiger partial charge on any atom is 0.306 e. The standard InChI is InChI=1S/C54H88O6/c1-4-7-10-13-16-19-22-24-25-26-27-28-29-30-33-35-38-41-44-47-53(56)59-50-51(49-58-52(55)46-43-40-37-34-31-21-18-15-12-9-6-3)60-54(57)48-45-42-39-36-32-23-20-17-14-11-8-5-2/h7,9-10,12,16,18-19,21,24-25,27-28,30,33-34,37,51H,4-6,8,11,13-15,17,20,22-23,26,29,31-32,35-36,38-50H2,1-3H3/b10-7-,12-9-,19-16-,21-18-,25-24-,28-27-,33-30-,37-34-. The molecule has 0 saturated carbocycles. The summed E-state index contributed by atoms with van der Waals surface area (Å²) in [5.41, 5.74) is 0. The first-order chi connectivity index (χ1) is 29.5. The molecular weight excluding hydrogens is 745 g/mol. The first kappa shape index (κ1) is 56.3. The summed E-state index contributed by atoms with van der Waals surface area (Å²) >= 11 is 0. The van der Waals surface area contributed by atoms with Crippen LogP contribution in [0.3, 0.4) is 0 Å². The van der Waals surface area contributed by atoms with Crippen molar-refractivity contribution >= 4 is 17.9 Å². The molecule has 0 rings (SSSR count). The average Bonchev–Trinajstić information content (AvgIpc) is 3.24. The molecule has 0 aromatic rings. The zero-order valence-electron chi connectivity index (χ0n) is 38.7. The third kappa shape index (κ3) is 45.4. The van der Waals surface area contributed by atoms with E-state index in [-0.39, 0.29) is 37.5 Å². The van der Waals surface area contributed by atoms with Crippen molar-refractivity contribution in [3.8, 4) is 0 Å². The van der Waals surface area contributed by atoms with Gasteiger partial charge in [-0.25, -0.2) is 0 Å². The Balaban J connectivity index is 4.47. The van der Waals surface area contributed by atoms with Gasteiger partial charge in [-0.2, -0.15) is 0 Å². The van der Waals surface area contributed by atoms with Crippen LogP contribution in [-0.2, 0) is 28.6 Å². The molecule has 6 heteroatoms. The van der Waals surface area contributed by atoms with Crippen LogP contribution < -0.4 is 0 Å². The van der Waals surface area contributed by atoms with Crippen molar-refractivity contribution in [3.05, 3.63) is 97.2 Å². The molecule has 340 valence electrons. The summed E-state index contributed by atoms with van der Waals surface area (Å²) in [4.78, 5) is 37.8. The summed E-state index contributed by atoms with van der Waals surface area (Å²) < 4.78 is 16.7. The van der Waals surface area contributed by atoms with Crippen molar-refractivity contribution in [2.24, 2.45) is 0 Å². The summed E-state index contributed by atoms with van der Waals surface area (Å²) in [6.07, 6.45) is 62.6. The summed E-state index contributed by atoms with van der Waals surface area (Å²) in [5.74, 6) is -1.00. The Labute approximate surface area is 368 Å². The van der Waals surface area contributed by atoms with E-state index in [9.17, 15) is 14.4 Å². The highest BCUT2D eigenvalue weighted by atomic mass is 16.6. The normalized spacial score (nSPS) is 12.9. The third-order valence-electron chi connectivity index (χ3n) is 9.83. The third-order valence-corrected chi connectivity index (χ3v) is 9.83. The Morgan fingerprint density at radius 3 is 1.08 bits per heavy atom. The Bertz CT molecular complexity index is 1230. The second-order valence-electron chi connectivity index (χ2n) is 15.6. The highest BCUT2D eigenvalue weighted by molar-refractivity contribution is 5.71. The minimum Gasteiger partial charge on any atom is -0.462 e. The van der Waals surface area contributed by atoms with Crippen LogP contribution in [0.2, 0.25) is 0 Å². The van der Waals surface area contributed by atoms with Gasteiger partial charge in [-0.15, -0.1) is 0 Å². The maximum atomic E-state index is 12.7. The largest absolute Gasteiger partial charge is 0.462 e. The number of carbonyl (C=O) groups is 3. The Morgan fingerprint density at radius 1 is 0.350 bits per heavy atom. The molecular formula is C54H88O6. The summed E-state index contributed by atoms with van der Waals surface area (Å²) in [6.45, 7) is 6.31. The predicted molar refractivity (Wildman–Crippen MR) is 256 cm³/mol. The van der Waals surface area contributed by atoms with Gasteiger partial charge < -0.3 is 14.2 Å². The topological polar surface area (TPSA) is 78.9 Å². The molecule has 0 aromatic heterocycles. The van der Waals surface area contributed by atoms with Gasteiger partial charge in [0.25, 0.3) is 0 Å². The Kier molecular flexibility index (Phi) is 45.1. The molecule has 0 aliphatic carbocycles. The van der Waals surface area contributed by atoms with Crippen molar-refractivity contribution in [2.75, 3.05) is 13.2 Å². The lowest BCUT2D eigenvalue weighted by Gasteiger charge is -2.18. The van der Waals surface area contributed by atoms with E-state index >= 15 is 0 Å². The number of unbranched alkanes of at least 4 members (excludes halogenated alkanes) is 15. The minimum absolute atomic E-state index is 0.110. The van der Waals surface area contributed by atoms with Crippen LogP contribution in [-0.4, -0.2) is 37.2 Å². The Hall–Kier alpha value is -3.67. The van der Waals surface area contributed by atoms with E-state index in [0.29, 0.717) is 19.3 Å². The number of carbonyl (C=O) groups excluding carboxylic acids is 3. The van der Waals surface area contributed by atoms with Crippen molar-refractivity contribution in [2.45, 2.75) is 213 Å². The SMILES string of the molecule is CC/C=C\C/C=C\C/C=C\C/C=C\C/C=C\CCCCCC(=O)OCC(COC(=O)CCC/C=C\C/C=C\C/C=C\CC)OC(=O)CCCCCCCCCCCCCC. The molecule has 0 N–H and O–H groups in total. The first-order valence-corrected chi connectivity index (χ1v) is 24.2. The highest BCUT2D eigenvalue weighted by Gasteiger charge is 2.19. The summed E-state index contributed by atoms with van der Waals surface area (Å²) in [6, 6.07) is 0. The van der Waals surface area contributed by atoms with Crippen LogP contribution in [0.1, 0.15) is 207 Å². The molecule has 0 saturated heterocycles. The molecule has 60 heavy (non-hydrogen) atoms. The number of ether oxygens (including phenoxy) is 3. The van der Waals surface area contributed by atoms with Crippen LogP contribution in [0.15, 0.2) is 97.2 Å². The molecule has 0 fully saturated rings. The number of rotatable bonds is 42. The molecule has 0 radical (unpaired) electrons. The molecule has 0 heterocycles. The summed E-state index contributed by atoms with van der Waals surface area (Å²) in [7, 11) is 0. The van der Waals surface area contributed by atoms with Gasteiger partial charge in [0.2, 0.25) is 0 Å². The van der Waals surface area contributed by atoms with Crippen molar-refractivity contribution in [3.63, 3.8) is 0 Å². The van der Waals surface area contributed by atoms with Gasteiger partial charge in [0.15, 0.2) is 6.10 Å². The molecule has 0 aliphatic rings.